The molecule has 0 radical (unpaired) electrons. The fourth-order valence-electron chi connectivity index (χ4n) is 3.96. The highest BCUT2D eigenvalue weighted by atomic mass is 79.9. The molecule has 0 bridgehead atoms. The summed E-state index contributed by atoms with van der Waals surface area (Å²) in [6.07, 6.45) is 7.86. The Morgan fingerprint density at radius 2 is 1.96 bits per heavy atom. The number of nitrogens with one attached hydrogen (secondary N) is 1. The van der Waals surface area contributed by atoms with Crippen LogP contribution in [0.25, 0.3) is 0 Å². The van der Waals surface area contributed by atoms with Crippen molar-refractivity contribution in [3.63, 3.8) is 0 Å². The van der Waals surface area contributed by atoms with E-state index in [0.717, 1.165) is 39.8 Å². The van der Waals surface area contributed by atoms with Crippen LogP contribution in [0.2, 0.25) is 0 Å². The van der Waals surface area contributed by atoms with Crippen LogP contribution in [0.1, 0.15) is 53.8 Å². The van der Waals surface area contributed by atoms with Gasteiger partial charge in [0.15, 0.2) is 0 Å². The van der Waals surface area contributed by atoms with Gasteiger partial charge >= 0.3 is 0 Å². The predicted octanol–water partition coefficient (Wildman–Crippen LogP) is 3.89. The quantitative estimate of drug-likeness (QED) is 0.699. The van der Waals surface area contributed by atoms with E-state index in [1.165, 1.54) is 69.6 Å². The normalized spacial score (nSPS) is 20.7. The lowest BCUT2D eigenvalue weighted by molar-refractivity contribution is 0.0904. The van der Waals surface area contributed by atoms with Crippen molar-refractivity contribution in [2.75, 3.05) is 39.3 Å². The number of halogens is 1. The first-order chi connectivity index (χ1) is 12.1. The number of hydrogen-bond donors (Lipinski definition) is 1. The molecule has 0 atom stereocenters. The fraction of sp³-hybridized carbons (Fsp3) is 0.737. The molecular formula is C19H30BrN3OS. The number of hydrogen-bond acceptors (Lipinski definition) is 4. The maximum absolute atomic E-state index is 12.1. The molecule has 2 fully saturated rings. The third-order valence-electron chi connectivity index (χ3n) is 5.48. The van der Waals surface area contributed by atoms with Crippen molar-refractivity contribution in [3.05, 3.63) is 20.3 Å². The molecule has 1 N–H and O–H groups in total. The van der Waals surface area contributed by atoms with Gasteiger partial charge in [-0.3, -0.25) is 4.79 Å². The maximum Gasteiger partial charge on any atom is 0.261 e. The van der Waals surface area contributed by atoms with E-state index in [1.54, 1.807) is 0 Å². The van der Waals surface area contributed by atoms with Crippen LogP contribution in [0.3, 0.4) is 0 Å². The Morgan fingerprint density at radius 1 is 1.24 bits per heavy atom. The number of piperidine rings is 2. The van der Waals surface area contributed by atoms with Gasteiger partial charge in [-0.15, -0.1) is 11.3 Å². The van der Waals surface area contributed by atoms with Crippen LogP contribution in [-0.2, 0) is 0 Å². The first-order valence-electron chi connectivity index (χ1n) is 9.64. The van der Waals surface area contributed by atoms with Crippen LogP contribution in [0, 0.1) is 6.92 Å². The van der Waals surface area contributed by atoms with E-state index in [0.29, 0.717) is 0 Å². The van der Waals surface area contributed by atoms with E-state index in [2.05, 4.69) is 31.0 Å². The summed E-state index contributed by atoms with van der Waals surface area (Å²) in [5, 5.41) is 3.06. The van der Waals surface area contributed by atoms with Gasteiger partial charge in [0.1, 0.15) is 0 Å². The zero-order valence-corrected chi connectivity index (χ0v) is 17.6. The van der Waals surface area contributed by atoms with E-state index in [-0.39, 0.29) is 5.91 Å². The van der Waals surface area contributed by atoms with Crippen molar-refractivity contribution >= 4 is 33.2 Å². The number of carbonyl (C=O) groups is 1. The molecule has 3 heterocycles. The van der Waals surface area contributed by atoms with Crippen molar-refractivity contribution in [3.8, 4) is 0 Å². The summed E-state index contributed by atoms with van der Waals surface area (Å²) >= 11 is 4.99. The third-order valence-corrected chi connectivity index (χ3v) is 7.62. The SMILES string of the molecule is Cc1cc(C(=O)NCCCN2CCC(N3CCCCC3)CC2)sc1Br. The fourth-order valence-corrected chi connectivity index (χ4v) is 5.41. The highest BCUT2D eigenvalue weighted by Crippen LogP contribution is 2.27. The summed E-state index contributed by atoms with van der Waals surface area (Å²) in [4.78, 5) is 18.2. The Hall–Kier alpha value is -0.430. The molecule has 1 aromatic rings. The van der Waals surface area contributed by atoms with Crippen LogP contribution in [-0.4, -0.2) is 61.0 Å². The lowest BCUT2D eigenvalue weighted by Crippen LogP contribution is -2.47. The van der Waals surface area contributed by atoms with Crippen LogP contribution in [0.15, 0.2) is 9.85 Å². The summed E-state index contributed by atoms with van der Waals surface area (Å²) in [5.41, 5.74) is 1.13. The number of aryl methyl sites for hydroxylation is 1. The van der Waals surface area contributed by atoms with Crippen molar-refractivity contribution in [2.45, 2.75) is 51.5 Å². The monoisotopic (exact) mass is 427 g/mol. The van der Waals surface area contributed by atoms with Gasteiger partial charge < -0.3 is 15.1 Å². The van der Waals surface area contributed by atoms with Crippen LogP contribution in [0.4, 0.5) is 0 Å². The van der Waals surface area contributed by atoms with Crippen molar-refractivity contribution in [2.24, 2.45) is 0 Å². The van der Waals surface area contributed by atoms with Crippen molar-refractivity contribution < 1.29 is 4.79 Å². The van der Waals surface area contributed by atoms with Gasteiger partial charge in [-0.1, -0.05) is 6.42 Å². The summed E-state index contributed by atoms with van der Waals surface area (Å²) in [7, 11) is 0. The third kappa shape index (κ3) is 5.52. The number of thiophene rings is 1. The smallest absolute Gasteiger partial charge is 0.261 e. The zero-order valence-electron chi connectivity index (χ0n) is 15.2. The molecule has 2 saturated heterocycles. The van der Waals surface area contributed by atoms with Crippen LogP contribution < -0.4 is 5.32 Å². The van der Waals surface area contributed by atoms with E-state index >= 15 is 0 Å². The minimum Gasteiger partial charge on any atom is -0.351 e. The number of likely N-dealkylation sites (tertiary alicyclic amines) is 2. The van der Waals surface area contributed by atoms with Gasteiger partial charge in [-0.2, -0.15) is 0 Å². The molecule has 2 aliphatic rings. The Balaban J connectivity index is 1.30. The summed E-state index contributed by atoms with van der Waals surface area (Å²) < 4.78 is 1.05. The molecule has 0 aliphatic carbocycles. The minimum atomic E-state index is 0.0580. The topological polar surface area (TPSA) is 35.6 Å². The number of rotatable bonds is 6. The molecule has 2 aliphatic heterocycles. The standard InChI is InChI=1S/C19H30BrN3OS/c1-15-14-17(25-18(15)20)19(24)21-8-5-9-22-12-6-16(7-13-22)23-10-3-2-4-11-23/h14,16H,2-13H2,1H3,(H,21,24). The number of carbonyl (C=O) groups excluding carboxylic acids is 1. The summed E-state index contributed by atoms with van der Waals surface area (Å²) in [6, 6.07) is 2.77. The lowest BCUT2D eigenvalue weighted by Gasteiger charge is -2.40. The minimum absolute atomic E-state index is 0.0580. The van der Waals surface area contributed by atoms with E-state index in [1.807, 2.05) is 13.0 Å². The highest BCUT2D eigenvalue weighted by molar-refractivity contribution is 9.11. The second kappa shape index (κ2) is 9.49. The maximum atomic E-state index is 12.1. The molecule has 3 rings (SSSR count). The first kappa shape index (κ1) is 19.3. The summed E-state index contributed by atoms with van der Waals surface area (Å²) in [6.45, 7) is 8.94. The van der Waals surface area contributed by atoms with Crippen molar-refractivity contribution in [1.82, 2.24) is 15.1 Å². The molecule has 140 valence electrons. The molecule has 0 unspecified atom stereocenters. The molecule has 6 heteroatoms. The second-order valence-electron chi connectivity index (χ2n) is 7.35. The van der Waals surface area contributed by atoms with Crippen LogP contribution >= 0.6 is 27.3 Å². The summed E-state index contributed by atoms with van der Waals surface area (Å²) in [5.74, 6) is 0.0580. The number of nitrogens with zero attached hydrogens (tertiary/aromatic N) is 2. The molecule has 4 nitrogen and oxygen atoms in total. The predicted molar refractivity (Wildman–Crippen MR) is 109 cm³/mol. The van der Waals surface area contributed by atoms with E-state index < -0.39 is 0 Å². The van der Waals surface area contributed by atoms with E-state index in [4.69, 9.17) is 0 Å². The Morgan fingerprint density at radius 3 is 2.60 bits per heavy atom. The Bertz CT molecular complexity index is 544. The van der Waals surface area contributed by atoms with Gasteiger partial charge in [-0.05, 0) is 99.3 Å². The molecular weight excluding hydrogens is 398 g/mol. The first-order valence-corrected chi connectivity index (χ1v) is 11.2. The van der Waals surface area contributed by atoms with Gasteiger partial charge in [-0.25, -0.2) is 0 Å². The van der Waals surface area contributed by atoms with Crippen molar-refractivity contribution in [1.29, 1.82) is 0 Å². The average molecular weight is 428 g/mol. The van der Waals surface area contributed by atoms with Gasteiger partial charge in [0.05, 0.1) is 8.66 Å². The molecule has 0 saturated carbocycles. The Labute approximate surface area is 164 Å². The number of amides is 1. The zero-order chi connectivity index (χ0) is 17.6. The molecule has 1 amide bonds. The lowest BCUT2D eigenvalue weighted by atomic mass is 10.00. The molecule has 0 spiro atoms. The van der Waals surface area contributed by atoms with Gasteiger partial charge in [0, 0.05) is 12.6 Å². The van der Waals surface area contributed by atoms with Crippen LogP contribution in [0.5, 0.6) is 0 Å². The largest absolute Gasteiger partial charge is 0.351 e. The Kier molecular flexibility index (Phi) is 7.34. The van der Waals surface area contributed by atoms with Gasteiger partial charge in [0.2, 0.25) is 0 Å². The molecule has 0 aromatic carbocycles. The van der Waals surface area contributed by atoms with Gasteiger partial charge in [0.25, 0.3) is 5.91 Å². The highest BCUT2D eigenvalue weighted by Gasteiger charge is 2.25. The molecule has 1 aromatic heterocycles. The molecule has 25 heavy (non-hydrogen) atoms. The average Bonchev–Trinajstić information content (AvgIpc) is 2.99. The van der Waals surface area contributed by atoms with E-state index in [9.17, 15) is 4.79 Å². The second-order valence-corrected chi connectivity index (χ2v) is 9.72.